The van der Waals surface area contributed by atoms with Crippen LogP contribution in [0.5, 0.6) is 0 Å². The minimum absolute atomic E-state index is 0.109. The third kappa shape index (κ3) is 3.79. The first-order valence-corrected chi connectivity index (χ1v) is 15.0. The van der Waals surface area contributed by atoms with Crippen molar-refractivity contribution in [3.63, 3.8) is 0 Å². The van der Waals surface area contributed by atoms with Crippen molar-refractivity contribution in [1.82, 2.24) is 29.7 Å². The molecule has 5 heterocycles. The molecular formula is C31H32N6O4S. The van der Waals surface area contributed by atoms with Crippen molar-refractivity contribution in [2.45, 2.75) is 35.2 Å². The Labute approximate surface area is 247 Å². The van der Waals surface area contributed by atoms with Crippen molar-refractivity contribution in [1.29, 1.82) is 0 Å². The smallest absolute Gasteiger partial charge is 0.248 e. The average Bonchev–Trinajstić information content (AvgIpc) is 3.53. The second-order valence-corrected chi connectivity index (χ2v) is 13.4. The summed E-state index contributed by atoms with van der Waals surface area (Å²) in [5, 5.41) is 19.3. The highest BCUT2D eigenvalue weighted by Crippen LogP contribution is 2.66. The van der Waals surface area contributed by atoms with Gasteiger partial charge in [-0.2, -0.15) is 0 Å². The number of carbonyl (C=O) groups excluding carboxylic acids is 3. The standard InChI is InChI=1S/C31H32N6O4S/c1-30-14-8-16-34(2)27(39)24(30)25-28(40)37(23(18-38)20-10-4-3-5-11-20)26-29(41)35(17-9-15-31(25,26)42-30)19-36-22-13-7-6-12-21(22)32-33-36/h3-15,23-26,38H,16-19H2,1-2H3/t23-,24+,25+,26?,30-,31+/m1/s1. The topological polar surface area (TPSA) is 112 Å². The minimum Gasteiger partial charge on any atom is -0.394 e. The Kier molecular flexibility index (Phi) is 6.28. The molecule has 3 amide bonds. The number of nitrogens with zero attached hydrogens (tertiary/aromatic N) is 6. The molecule has 0 aliphatic carbocycles. The van der Waals surface area contributed by atoms with E-state index in [0.29, 0.717) is 13.1 Å². The maximum Gasteiger partial charge on any atom is 0.248 e. The lowest BCUT2D eigenvalue weighted by molar-refractivity contribution is -0.147. The molecule has 0 radical (unpaired) electrons. The van der Waals surface area contributed by atoms with Gasteiger partial charge in [-0.3, -0.25) is 14.4 Å². The lowest BCUT2D eigenvalue weighted by Crippen LogP contribution is -2.54. The van der Waals surface area contributed by atoms with E-state index < -0.39 is 33.4 Å². The van der Waals surface area contributed by atoms with Gasteiger partial charge >= 0.3 is 0 Å². The maximum atomic E-state index is 14.8. The van der Waals surface area contributed by atoms with E-state index in [1.165, 1.54) is 11.8 Å². The molecule has 1 unspecified atom stereocenters. The molecule has 3 aromatic rings. The molecule has 10 nitrogen and oxygen atoms in total. The number of para-hydroxylation sites is 1. The van der Waals surface area contributed by atoms with Crippen LogP contribution in [0, 0.1) is 11.8 Å². The molecule has 2 fully saturated rings. The fourth-order valence-electron chi connectivity index (χ4n) is 7.31. The summed E-state index contributed by atoms with van der Waals surface area (Å²) in [7, 11) is 1.75. The number of hydrogen-bond acceptors (Lipinski definition) is 7. The molecule has 6 atom stereocenters. The number of likely N-dealkylation sites (N-methyl/N-ethyl adjacent to an activating group) is 1. The molecular weight excluding hydrogens is 552 g/mol. The van der Waals surface area contributed by atoms with Gasteiger partial charge < -0.3 is 19.8 Å². The Morgan fingerprint density at radius 1 is 0.952 bits per heavy atom. The molecule has 7 rings (SSSR count). The van der Waals surface area contributed by atoms with Crippen LogP contribution in [-0.2, 0) is 21.1 Å². The summed E-state index contributed by atoms with van der Waals surface area (Å²) in [4.78, 5) is 48.3. The predicted molar refractivity (Wildman–Crippen MR) is 158 cm³/mol. The van der Waals surface area contributed by atoms with Crippen LogP contribution in [0.2, 0.25) is 0 Å². The Morgan fingerprint density at radius 3 is 2.48 bits per heavy atom. The number of benzene rings is 2. The van der Waals surface area contributed by atoms with Crippen molar-refractivity contribution in [3.05, 3.63) is 84.5 Å². The first-order valence-electron chi connectivity index (χ1n) is 14.1. The molecule has 2 aromatic carbocycles. The number of aliphatic hydroxyl groups is 1. The van der Waals surface area contributed by atoms with Gasteiger partial charge in [0.2, 0.25) is 17.7 Å². The van der Waals surface area contributed by atoms with E-state index in [2.05, 4.69) is 10.3 Å². The monoisotopic (exact) mass is 584 g/mol. The third-order valence-corrected chi connectivity index (χ3v) is 11.0. The molecule has 2 saturated heterocycles. The van der Waals surface area contributed by atoms with Crippen LogP contribution in [0.1, 0.15) is 18.5 Å². The molecule has 0 saturated carbocycles. The zero-order valence-corrected chi connectivity index (χ0v) is 24.2. The highest BCUT2D eigenvalue weighted by Gasteiger charge is 2.74. The lowest BCUT2D eigenvalue weighted by Gasteiger charge is -2.39. The zero-order valence-electron chi connectivity index (χ0n) is 23.4. The van der Waals surface area contributed by atoms with E-state index in [1.54, 1.807) is 26.4 Å². The van der Waals surface area contributed by atoms with E-state index in [-0.39, 0.29) is 31.0 Å². The van der Waals surface area contributed by atoms with Gasteiger partial charge in [-0.15, -0.1) is 16.9 Å². The van der Waals surface area contributed by atoms with Crippen LogP contribution in [0.4, 0.5) is 0 Å². The quantitative estimate of drug-likeness (QED) is 0.458. The fourth-order valence-corrected chi connectivity index (χ4v) is 9.45. The second-order valence-electron chi connectivity index (χ2n) is 11.7. The van der Waals surface area contributed by atoms with Gasteiger partial charge in [-0.25, -0.2) is 4.68 Å². The van der Waals surface area contributed by atoms with Crippen LogP contribution < -0.4 is 0 Å². The molecule has 4 aliphatic rings. The van der Waals surface area contributed by atoms with Gasteiger partial charge in [0.1, 0.15) is 18.2 Å². The summed E-state index contributed by atoms with van der Waals surface area (Å²) in [5.74, 6) is -2.08. The number of aromatic nitrogens is 3. The van der Waals surface area contributed by atoms with E-state index in [0.717, 1.165) is 16.6 Å². The lowest BCUT2D eigenvalue weighted by atomic mass is 9.74. The van der Waals surface area contributed by atoms with Crippen molar-refractivity contribution >= 4 is 40.5 Å². The van der Waals surface area contributed by atoms with E-state index in [9.17, 15) is 19.5 Å². The summed E-state index contributed by atoms with van der Waals surface area (Å²) in [5.41, 5.74) is 2.25. The van der Waals surface area contributed by atoms with Crippen LogP contribution in [0.25, 0.3) is 11.0 Å². The average molecular weight is 585 g/mol. The van der Waals surface area contributed by atoms with Crippen molar-refractivity contribution in [3.8, 4) is 0 Å². The van der Waals surface area contributed by atoms with Crippen LogP contribution in [0.3, 0.4) is 0 Å². The zero-order chi connectivity index (χ0) is 29.2. The Bertz CT molecular complexity index is 1640. The third-order valence-electron chi connectivity index (χ3n) is 9.20. The van der Waals surface area contributed by atoms with Gasteiger partial charge in [0.15, 0.2) is 0 Å². The molecule has 0 bridgehead atoms. The van der Waals surface area contributed by atoms with Gasteiger partial charge in [0.25, 0.3) is 0 Å². The van der Waals surface area contributed by atoms with Crippen LogP contribution in [0.15, 0.2) is 78.9 Å². The molecule has 1 N–H and O–H groups in total. The predicted octanol–water partition coefficient (Wildman–Crippen LogP) is 2.24. The first kappa shape index (κ1) is 26.9. The van der Waals surface area contributed by atoms with Gasteiger partial charge in [-0.1, -0.05) is 72.0 Å². The SMILES string of the molecule is CN1CC=C[C@@]2(C)S[C@]34C=CCN(Cn5nnc6ccccc65)C(=O)C3N([C@H](CO)c3ccccc3)C(=O)[C@@H]4[C@H]2C1=O. The molecule has 216 valence electrons. The van der Waals surface area contributed by atoms with Crippen molar-refractivity contribution < 1.29 is 19.5 Å². The Balaban J connectivity index is 1.37. The van der Waals surface area contributed by atoms with E-state index >= 15 is 0 Å². The summed E-state index contributed by atoms with van der Waals surface area (Å²) in [6.45, 7) is 2.55. The summed E-state index contributed by atoms with van der Waals surface area (Å²) < 4.78 is -0.00430. The summed E-state index contributed by atoms with van der Waals surface area (Å²) in [6.07, 6.45) is 7.94. The highest BCUT2D eigenvalue weighted by atomic mass is 32.2. The number of thioether (sulfide) groups is 1. The second kappa shape index (κ2) is 9.81. The summed E-state index contributed by atoms with van der Waals surface area (Å²) >= 11 is 1.53. The molecule has 11 heteroatoms. The molecule has 42 heavy (non-hydrogen) atoms. The Hall–Kier alpha value is -3.96. The largest absolute Gasteiger partial charge is 0.394 e. The first-order chi connectivity index (χ1) is 20.3. The number of fused-ring (bicyclic) bond motifs is 3. The van der Waals surface area contributed by atoms with Gasteiger partial charge in [-0.05, 0) is 24.6 Å². The summed E-state index contributed by atoms with van der Waals surface area (Å²) in [6, 6.07) is 15.2. The van der Waals surface area contributed by atoms with E-state index in [4.69, 9.17) is 0 Å². The number of amides is 3. The van der Waals surface area contributed by atoms with Gasteiger partial charge in [0.05, 0.1) is 34.7 Å². The normalized spacial score (nSPS) is 31.3. The van der Waals surface area contributed by atoms with Crippen LogP contribution >= 0.6 is 11.8 Å². The highest BCUT2D eigenvalue weighted by molar-refractivity contribution is 8.02. The van der Waals surface area contributed by atoms with Crippen molar-refractivity contribution in [2.75, 3.05) is 26.7 Å². The maximum absolute atomic E-state index is 14.8. The van der Waals surface area contributed by atoms with Crippen molar-refractivity contribution in [2.24, 2.45) is 11.8 Å². The number of likely N-dealkylation sites (tertiary alicyclic amines) is 1. The molecule has 1 spiro atoms. The fraction of sp³-hybridized carbons (Fsp3) is 0.387. The number of hydrogen-bond donors (Lipinski definition) is 1. The number of aliphatic hydroxyl groups excluding tert-OH is 1. The van der Waals surface area contributed by atoms with Crippen LogP contribution in [-0.4, -0.2) is 94.8 Å². The minimum atomic E-state index is -1.01. The number of carbonyl (C=O) groups is 3. The van der Waals surface area contributed by atoms with Gasteiger partial charge in [0, 0.05) is 24.9 Å². The molecule has 4 aliphatic heterocycles. The molecule has 1 aromatic heterocycles. The number of rotatable bonds is 5. The van der Waals surface area contributed by atoms with E-state index in [1.807, 2.05) is 85.8 Å². The Morgan fingerprint density at radius 2 is 1.69 bits per heavy atom.